The summed E-state index contributed by atoms with van der Waals surface area (Å²) in [4.78, 5) is 21.0. The van der Waals surface area contributed by atoms with E-state index in [2.05, 4.69) is 15.3 Å². The second-order valence-electron chi connectivity index (χ2n) is 7.30. The minimum absolute atomic E-state index is 0.114. The van der Waals surface area contributed by atoms with Crippen LogP contribution in [-0.2, 0) is 0 Å². The van der Waals surface area contributed by atoms with Crippen LogP contribution >= 0.6 is 0 Å². The third-order valence-corrected chi connectivity index (χ3v) is 5.05. The summed E-state index contributed by atoms with van der Waals surface area (Å²) in [6.45, 7) is 3.72. The fourth-order valence-corrected chi connectivity index (χ4v) is 3.44. The Morgan fingerprint density at radius 3 is 2.64 bits per heavy atom. The summed E-state index contributed by atoms with van der Waals surface area (Å²) in [5.74, 6) is 0.682. The molecule has 1 saturated carbocycles. The number of methoxy groups -OCH3 is 1. The first-order chi connectivity index (χ1) is 11.9. The van der Waals surface area contributed by atoms with E-state index in [1.807, 2.05) is 19.9 Å². The monoisotopic (exact) mass is 343 g/mol. The molecule has 0 unspecified atom stereocenters. The highest BCUT2D eigenvalue weighted by molar-refractivity contribution is 5.97. The third-order valence-electron chi connectivity index (χ3n) is 5.05. The number of pyridine rings is 2. The number of aromatic nitrogens is 2. The van der Waals surface area contributed by atoms with Gasteiger partial charge in [0, 0.05) is 23.7 Å². The molecule has 6 heteroatoms. The summed E-state index contributed by atoms with van der Waals surface area (Å²) in [7, 11) is 1.56. The van der Waals surface area contributed by atoms with Gasteiger partial charge in [-0.15, -0.1) is 0 Å². The topological polar surface area (TPSA) is 84.3 Å². The van der Waals surface area contributed by atoms with Gasteiger partial charge in [-0.1, -0.05) is 0 Å². The highest BCUT2D eigenvalue weighted by atomic mass is 16.5. The molecule has 3 rings (SSSR count). The van der Waals surface area contributed by atoms with Crippen LogP contribution in [0.5, 0.6) is 5.88 Å². The Labute approximate surface area is 147 Å². The first kappa shape index (κ1) is 17.6. The molecule has 1 amide bonds. The maximum atomic E-state index is 12.5. The lowest BCUT2D eigenvalue weighted by molar-refractivity contribution is -0.00257. The first-order valence-electron chi connectivity index (χ1n) is 8.71. The van der Waals surface area contributed by atoms with Crippen molar-refractivity contribution in [1.82, 2.24) is 15.3 Å². The second-order valence-corrected chi connectivity index (χ2v) is 7.30. The van der Waals surface area contributed by atoms with Crippen molar-refractivity contribution < 1.29 is 14.6 Å². The Hall–Kier alpha value is -2.21. The van der Waals surface area contributed by atoms with Crippen LogP contribution in [0.25, 0.3) is 11.0 Å². The average Bonchev–Trinajstić information content (AvgIpc) is 2.60. The molecule has 134 valence electrons. The summed E-state index contributed by atoms with van der Waals surface area (Å²) < 4.78 is 5.08. The maximum absolute atomic E-state index is 12.5. The van der Waals surface area contributed by atoms with Gasteiger partial charge in [0.15, 0.2) is 5.65 Å². The molecule has 2 aromatic heterocycles. The number of ether oxygens (including phenoxy) is 1. The van der Waals surface area contributed by atoms with Crippen molar-refractivity contribution in [2.75, 3.05) is 7.11 Å². The van der Waals surface area contributed by atoms with E-state index in [-0.39, 0.29) is 11.9 Å². The van der Waals surface area contributed by atoms with Crippen LogP contribution in [0.15, 0.2) is 24.4 Å². The lowest BCUT2D eigenvalue weighted by atomic mass is 9.77. The third kappa shape index (κ3) is 4.07. The number of nitrogens with one attached hydrogen (secondary N) is 1. The quantitative estimate of drug-likeness (QED) is 0.892. The number of hydrogen-bond donors (Lipinski definition) is 2. The Morgan fingerprint density at radius 1 is 1.28 bits per heavy atom. The Balaban J connectivity index is 1.65. The molecule has 0 aromatic carbocycles. The molecule has 25 heavy (non-hydrogen) atoms. The van der Waals surface area contributed by atoms with Crippen LogP contribution in [-0.4, -0.2) is 39.7 Å². The minimum atomic E-state index is -0.648. The molecule has 0 bridgehead atoms. The van der Waals surface area contributed by atoms with Crippen molar-refractivity contribution in [2.24, 2.45) is 5.92 Å². The molecule has 2 heterocycles. The molecule has 6 nitrogen and oxygen atoms in total. The highest BCUT2D eigenvalue weighted by Gasteiger charge is 2.31. The van der Waals surface area contributed by atoms with Crippen molar-refractivity contribution in [3.05, 3.63) is 30.0 Å². The van der Waals surface area contributed by atoms with Crippen LogP contribution < -0.4 is 10.1 Å². The van der Waals surface area contributed by atoms with Crippen LogP contribution in [0, 0.1) is 5.92 Å². The van der Waals surface area contributed by atoms with Gasteiger partial charge < -0.3 is 15.2 Å². The zero-order valence-electron chi connectivity index (χ0n) is 15.0. The van der Waals surface area contributed by atoms with Gasteiger partial charge in [-0.2, -0.15) is 4.98 Å². The van der Waals surface area contributed by atoms with E-state index in [4.69, 9.17) is 4.74 Å². The van der Waals surface area contributed by atoms with Crippen LogP contribution in [0.3, 0.4) is 0 Å². The number of rotatable bonds is 4. The molecule has 1 fully saturated rings. The Kier molecular flexibility index (Phi) is 4.90. The molecular weight excluding hydrogens is 318 g/mol. The Morgan fingerprint density at radius 2 is 2.00 bits per heavy atom. The first-order valence-corrected chi connectivity index (χ1v) is 8.71. The number of carbonyl (C=O) groups excluding carboxylic acids is 1. The smallest absolute Gasteiger partial charge is 0.253 e. The molecule has 2 N–H and O–H groups in total. The van der Waals surface area contributed by atoms with Crippen LogP contribution in [0.2, 0.25) is 0 Å². The molecule has 0 radical (unpaired) electrons. The molecular formula is C19H25N3O3. The second kappa shape index (κ2) is 6.96. The maximum Gasteiger partial charge on any atom is 0.253 e. The predicted octanol–water partition coefficient (Wildman–Crippen LogP) is 2.70. The molecule has 0 saturated heterocycles. The van der Waals surface area contributed by atoms with E-state index in [0.717, 1.165) is 31.1 Å². The van der Waals surface area contributed by atoms with Gasteiger partial charge in [0.1, 0.15) is 0 Å². The summed E-state index contributed by atoms with van der Waals surface area (Å²) in [5.41, 5.74) is 0.441. The Bertz CT molecular complexity index is 762. The SMILES string of the molecule is COc1ccc2cc(C(=O)N[C@H]3CC[C@H](C(C)(C)O)CC3)cnc2n1. The summed E-state index contributed by atoms with van der Waals surface area (Å²) in [6.07, 6.45) is 5.18. The van der Waals surface area contributed by atoms with Gasteiger partial charge in [0.25, 0.3) is 5.91 Å². The molecule has 0 aliphatic heterocycles. The molecule has 0 spiro atoms. The number of hydrogen-bond acceptors (Lipinski definition) is 5. The molecule has 1 aliphatic rings. The summed E-state index contributed by atoms with van der Waals surface area (Å²) in [5, 5.41) is 14.0. The fraction of sp³-hybridized carbons (Fsp3) is 0.526. The van der Waals surface area contributed by atoms with Gasteiger partial charge in [0.05, 0.1) is 18.3 Å². The van der Waals surface area contributed by atoms with Crippen LogP contribution in [0.1, 0.15) is 49.9 Å². The van der Waals surface area contributed by atoms with E-state index >= 15 is 0 Å². The lowest BCUT2D eigenvalue weighted by Crippen LogP contribution is -2.41. The van der Waals surface area contributed by atoms with Crippen molar-refractivity contribution in [2.45, 2.75) is 51.2 Å². The van der Waals surface area contributed by atoms with Gasteiger partial charge in [-0.25, -0.2) is 4.98 Å². The van der Waals surface area contributed by atoms with Crippen molar-refractivity contribution in [1.29, 1.82) is 0 Å². The number of nitrogens with zero attached hydrogens (tertiary/aromatic N) is 2. The molecule has 2 aromatic rings. The van der Waals surface area contributed by atoms with Crippen molar-refractivity contribution in [3.63, 3.8) is 0 Å². The molecule has 1 aliphatic carbocycles. The van der Waals surface area contributed by atoms with Crippen LogP contribution in [0.4, 0.5) is 0 Å². The standard InChI is InChI=1S/C19H25N3O3/c1-19(2,24)14-5-7-15(8-6-14)21-18(23)13-10-12-4-9-16(25-3)22-17(12)20-11-13/h4,9-11,14-15,24H,5-8H2,1-3H3,(H,21,23)/t14-,15-. The number of aliphatic hydroxyl groups is 1. The molecule has 0 atom stereocenters. The zero-order chi connectivity index (χ0) is 18.0. The summed E-state index contributed by atoms with van der Waals surface area (Å²) in [6, 6.07) is 5.55. The van der Waals surface area contributed by atoms with Crippen molar-refractivity contribution >= 4 is 16.9 Å². The zero-order valence-corrected chi connectivity index (χ0v) is 15.0. The van der Waals surface area contributed by atoms with Gasteiger partial charge in [-0.3, -0.25) is 4.79 Å². The van der Waals surface area contributed by atoms with E-state index < -0.39 is 5.60 Å². The number of amides is 1. The number of fused-ring (bicyclic) bond motifs is 1. The fourth-order valence-electron chi connectivity index (χ4n) is 3.44. The van der Waals surface area contributed by atoms with Crippen molar-refractivity contribution in [3.8, 4) is 5.88 Å². The summed E-state index contributed by atoms with van der Waals surface area (Å²) >= 11 is 0. The number of carbonyl (C=O) groups is 1. The lowest BCUT2D eigenvalue weighted by Gasteiger charge is -2.36. The van der Waals surface area contributed by atoms with E-state index in [9.17, 15) is 9.90 Å². The van der Waals surface area contributed by atoms with E-state index in [0.29, 0.717) is 23.0 Å². The predicted molar refractivity (Wildman–Crippen MR) is 95.6 cm³/mol. The average molecular weight is 343 g/mol. The largest absolute Gasteiger partial charge is 0.481 e. The van der Waals surface area contributed by atoms with E-state index in [1.54, 1.807) is 25.4 Å². The minimum Gasteiger partial charge on any atom is -0.481 e. The highest BCUT2D eigenvalue weighted by Crippen LogP contribution is 2.32. The van der Waals surface area contributed by atoms with Gasteiger partial charge >= 0.3 is 0 Å². The normalized spacial score (nSPS) is 21.1. The van der Waals surface area contributed by atoms with Gasteiger partial charge in [-0.05, 0) is 57.6 Å². The van der Waals surface area contributed by atoms with E-state index in [1.165, 1.54) is 0 Å². The van der Waals surface area contributed by atoms with Gasteiger partial charge in [0.2, 0.25) is 5.88 Å².